The minimum atomic E-state index is 0.0402. The molecule has 0 aliphatic carbocycles. The van der Waals surface area contributed by atoms with Gasteiger partial charge in [0.25, 0.3) is 0 Å². The summed E-state index contributed by atoms with van der Waals surface area (Å²) in [5, 5.41) is 0. The maximum atomic E-state index is 5.76. The van der Waals surface area contributed by atoms with E-state index in [1.54, 1.807) is 7.11 Å². The summed E-state index contributed by atoms with van der Waals surface area (Å²) >= 11 is 0. The van der Waals surface area contributed by atoms with Crippen LogP contribution in [0, 0.1) is 5.92 Å². The fraction of sp³-hybridized carbons (Fsp3) is 0.538. The molecule has 94 valence electrons. The second kappa shape index (κ2) is 5.49. The largest absolute Gasteiger partial charge is 0.497 e. The van der Waals surface area contributed by atoms with Crippen LogP contribution < -0.4 is 16.0 Å². The van der Waals surface area contributed by atoms with Crippen LogP contribution in [-0.2, 0) is 4.74 Å². The van der Waals surface area contributed by atoms with E-state index in [4.69, 9.17) is 15.3 Å². The number of ether oxygens (including phenoxy) is 2. The average Bonchev–Trinajstić information content (AvgIpc) is 2.78. The van der Waals surface area contributed by atoms with Gasteiger partial charge < -0.3 is 9.47 Å². The smallest absolute Gasteiger partial charge is 0.118 e. The Morgan fingerprint density at radius 1 is 1.41 bits per heavy atom. The second-order valence-electron chi connectivity index (χ2n) is 4.52. The molecule has 1 aliphatic rings. The predicted octanol–water partition coefficient (Wildman–Crippen LogP) is 1.62. The first-order valence-corrected chi connectivity index (χ1v) is 5.98. The van der Waals surface area contributed by atoms with Gasteiger partial charge in [0, 0.05) is 6.61 Å². The van der Waals surface area contributed by atoms with Gasteiger partial charge in [0.15, 0.2) is 0 Å². The normalized spacial score (nSPS) is 25.8. The molecule has 1 aromatic rings. The number of hydrogen-bond acceptors (Lipinski definition) is 4. The van der Waals surface area contributed by atoms with E-state index in [0.717, 1.165) is 24.3 Å². The Balaban J connectivity index is 2.16. The highest BCUT2D eigenvalue weighted by molar-refractivity contribution is 5.29. The summed E-state index contributed by atoms with van der Waals surface area (Å²) in [6.07, 6.45) is 1.24. The van der Waals surface area contributed by atoms with Gasteiger partial charge in [-0.15, -0.1) is 0 Å². The number of methoxy groups -OCH3 is 1. The second-order valence-corrected chi connectivity index (χ2v) is 4.52. The van der Waals surface area contributed by atoms with Gasteiger partial charge in [-0.05, 0) is 30.0 Å². The van der Waals surface area contributed by atoms with Gasteiger partial charge in [0.2, 0.25) is 0 Å². The van der Waals surface area contributed by atoms with Crippen molar-refractivity contribution in [1.29, 1.82) is 0 Å². The molecule has 4 nitrogen and oxygen atoms in total. The molecule has 0 spiro atoms. The van der Waals surface area contributed by atoms with Crippen LogP contribution in [-0.4, -0.2) is 19.8 Å². The van der Waals surface area contributed by atoms with E-state index in [2.05, 4.69) is 12.3 Å². The molecule has 1 aromatic carbocycles. The molecule has 2 rings (SSSR count). The van der Waals surface area contributed by atoms with Gasteiger partial charge in [-0.25, -0.2) is 0 Å². The lowest BCUT2D eigenvalue weighted by molar-refractivity contribution is 0.0607. The number of benzene rings is 1. The highest BCUT2D eigenvalue weighted by atomic mass is 16.5. The molecule has 17 heavy (non-hydrogen) atoms. The maximum absolute atomic E-state index is 5.76. The first-order valence-electron chi connectivity index (χ1n) is 5.98. The van der Waals surface area contributed by atoms with Gasteiger partial charge in [0.1, 0.15) is 5.75 Å². The average molecular weight is 236 g/mol. The van der Waals surface area contributed by atoms with Crippen molar-refractivity contribution in [3.63, 3.8) is 0 Å². The zero-order valence-corrected chi connectivity index (χ0v) is 10.3. The molecule has 1 fully saturated rings. The minimum Gasteiger partial charge on any atom is -0.497 e. The van der Waals surface area contributed by atoms with E-state index in [0.29, 0.717) is 5.92 Å². The lowest BCUT2D eigenvalue weighted by Crippen LogP contribution is -2.38. The first-order chi connectivity index (χ1) is 8.26. The summed E-state index contributed by atoms with van der Waals surface area (Å²) in [7, 11) is 1.66. The van der Waals surface area contributed by atoms with Gasteiger partial charge in [0.05, 0.1) is 19.3 Å². The number of nitrogens with one attached hydrogen (secondary N) is 1. The molecule has 1 aliphatic heterocycles. The highest BCUT2D eigenvalue weighted by Crippen LogP contribution is 2.31. The first kappa shape index (κ1) is 12.4. The Hall–Kier alpha value is -1.10. The molecular formula is C13H20N2O2. The molecule has 0 radical (unpaired) electrons. The standard InChI is InChI=1S/C13H20N2O2/c1-9-7-8-17-13(9)12(15-14)10-3-5-11(16-2)6-4-10/h3-6,9,12-13,15H,7-8,14H2,1-2H3. The van der Waals surface area contributed by atoms with Crippen molar-refractivity contribution in [2.75, 3.05) is 13.7 Å². The SMILES string of the molecule is COc1ccc(C(NN)C2OCCC2C)cc1. The predicted molar refractivity (Wildman–Crippen MR) is 66.6 cm³/mol. The third kappa shape index (κ3) is 2.60. The Bertz CT molecular complexity index is 353. The number of hydrogen-bond donors (Lipinski definition) is 2. The topological polar surface area (TPSA) is 56.5 Å². The Labute approximate surface area is 102 Å². The maximum Gasteiger partial charge on any atom is 0.118 e. The monoisotopic (exact) mass is 236 g/mol. The van der Waals surface area contributed by atoms with E-state index >= 15 is 0 Å². The van der Waals surface area contributed by atoms with Crippen LogP contribution in [0.4, 0.5) is 0 Å². The molecule has 1 saturated heterocycles. The van der Waals surface area contributed by atoms with Crippen LogP contribution in [0.1, 0.15) is 24.9 Å². The van der Waals surface area contributed by atoms with E-state index in [1.165, 1.54) is 0 Å². The van der Waals surface area contributed by atoms with Crippen molar-refractivity contribution in [2.45, 2.75) is 25.5 Å². The fourth-order valence-corrected chi connectivity index (χ4v) is 2.34. The summed E-state index contributed by atoms with van der Waals surface area (Å²) in [5.74, 6) is 7.03. The van der Waals surface area contributed by atoms with Crippen molar-refractivity contribution < 1.29 is 9.47 Å². The summed E-state index contributed by atoms with van der Waals surface area (Å²) in [6, 6.07) is 7.98. The molecule has 0 saturated carbocycles. The lowest BCUT2D eigenvalue weighted by Gasteiger charge is -2.25. The number of hydrazine groups is 1. The van der Waals surface area contributed by atoms with Crippen molar-refractivity contribution in [3.05, 3.63) is 29.8 Å². The third-order valence-electron chi connectivity index (χ3n) is 3.43. The summed E-state index contributed by atoms with van der Waals surface area (Å²) in [5.41, 5.74) is 3.99. The summed E-state index contributed by atoms with van der Waals surface area (Å²) in [6.45, 7) is 3.02. The summed E-state index contributed by atoms with van der Waals surface area (Å²) in [4.78, 5) is 0. The Kier molecular flexibility index (Phi) is 3.99. The van der Waals surface area contributed by atoms with E-state index in [9.17, 15) is 0 Å². The molecule has 1 heterocycles. The van der Waals surface area contributed by atoms with Gasteiger partial charge in [-0.2, -0.15) is 0 Å². The molecule has 0 amide bonds. The molecule has 3 unspecified atom stereocenters. The van der Waals surface area contributed by atoms with E-state index in [1.807, 2.05) is 24.3 Å². The molecule has 0 bridgehead atoms. The zero-order chi connectivity index (χ0) is 12.3. The van der Waals surface area contributed by atoms with Crippen molar-refractivity contribution in [2.24, 2.45) is 11.8 Å². The molecule has 3 atom stereocenters. The van der Waals surface area contributed by atoms with Crippen molar-refractivity contribution in [1.82, 2.24) is 5.43 Å². The van der Waals surface area contributed by atoms with Crippen LogP contribution in [0.3, 0.4) is 0 Å². The van der Waals surface area contributed by atoms with Crippen LogP contribution in [0.2, 0.25) is 0 Å². The van der Waals surface area contributed by atoms with E-state index < -0.39 is 0 Å². The minimum absolute atomic E-state index is 0.0402. The molecular weight excluding hydrogens is 216 g/mol. The van der Waals surface area contributed by atoms with Crippen molar-refractivity contribution in [3.8, 4) is 5.75 Å². The van der Waals surface area contributed by atoms with Gasteiger partial charge in [-0.3, -0.25) is 11.3 Å². The van der Waals surface area contributed by atoms with Crippen LogP contribution >= 0.6 is 0 Å². The Morgan fingerprint density at radius 2 is 2.12 bits per heavy atom. The molecule has 3 N–H and O–H groups in total. The van der Waals surface area contributed by atoms with Crippen molar-refractivity contribution >= 4 is 0 Å². The highest BCUT2D eigenvalue weighted by Gasteiger charge is 2.32. The van der Waals surface area contributed by atoms with Gasteiger partial charge in [-0.1, -0.05) is 19.1 Å². The van der Waals surface area contributed by atoms with Crippen LogP contribution in [0.5, 0.6) is 5.75 Å². The molecule has 0 aromatic heterocycles. The molecule has 4 heteroatoms. The third-order valence-corrected chi connectivity index (χ3v) is 3.43. The summed E-state index contributed by atoms with van der Waals surface area (Å²) < 4.78 is 10.9. The zero-order valence-electron chi connectivity index (χ0n) is 10.3. The quantitative estimate of drug-likeness (QED) is 0.616. The van der Waals surface area contributed by atoms with Gasteiger partial charge >= 0.3 is 0 Å². The Morgan fingerprint density at radius 3 is 2.59 bits per heavy atom. The lowest BCUT2D eigenvalue weighted by atomic mass is 9.93. The number of rotatable bonds is 4. The van der Waals surface area contributed by atoms with Crippen LogP contribution in [0.15, 0.2) is 24.3 Å². The van der Waals surface area contributed by atoms with Crippen LogP contribution in [0.25, 0.3) is 0 Å². The number of nitrogens with two attached hydrogens (primary N) is 1. The fourth-order valence-electron chi connectivity index (χ4n) is 2.34. The van der Waals surface area contributed by atoms with E-state index in [-0.39, 0.29) is 12.1 Å².